The van der Waals surface area contributed by atoms with Crippen molar-refractivity contribution >= 4 is 47.8 Å². The number of carbonyl (C=O) groups is 8. The molecule has 6 fully saturated rings. The Morgan fingerprint density at radius 2 is 0.880 bits per heavy atom. The van der Waals surface area contributed by atoms with Gasteiger partial charge < -0.3 is 67.2 Å². The molecule has 92 heavy (non-hydrogen) atoms. The second kappa shape index (κ2) is 20.6. The van der Waals surface area contributed by atoms with Crippen molar-refractivity contribution in [1.82, 2.24) is 0 Å². The van der Waals surface area contributed by atoms with E-state index in [4.69, 9.17) is 46.7 Å². The van der Waals surface area contributed by atoms with Crippen LogP contribution in [-0.2, 0) is 76.3 Å². The smallest absolute Gasteiger partial charge is 0.339 e. The third-order valence-electron chi connectivity index (χ3n) is 24.7. The number of rotatable bonds is 15. The Balaban J connectivity index is 1.25. The van der Waals surface area contributed by atoms with Crippen LogP contribution in [0.5, 0.6) is 0 Å². The second-order valence-electron chi connectivity index (χ2n) is 30.6. The molecule has 6 saturated carbocycles. The lowest BCUT2D eigenvalue weighted by Gasteiger charge is -2.67. The van der Waals surface area contributed by atoms with Crippen LogP contribution in [-0.4, -0.2) is 117 Å². The molecule has 4 N–H and O–H groups in total. The van der Waals surface area contributed by atoms with Gasteiger partial charge in [0.2, 0.25) is 0 Å². The maximum absolute atomic E-state index is 16.5. The number of cyclic esters (lactones) is 2. The van der Waals surface area contributed by atoms with Crippen molar-refractivity contribution < 1.29 is 106 Å². The van der Waals surface area contributed by atoms with E-state index in [9.17, 15) is 49.2 Å². The average molecular weight is 1280 g/mol. The van der Waals surface area contributed by atoms with Gasteiger partial charge in [-0.1, -0.05) is 96.9 Å². The summed E-state index contributed by atoms with van der Waals surface area (Å²) in [6, 6.07) is 3.20. The number of carbonyl (C=O) groups excluding carboxylic acids is 8. The summed E-state index contributed by atoms with van der Waals surface area (Å²) in [5, 5.41) is 57.1. The maximum Gasteiger partial charge on any atom is 0.339 e. The van der Waals surface area contributed by atoms with Crippen LogP contribution in [0.1, 0.15) is 172 Å². The number of ether oxygens (including phenoxy) is 8. The van der Waals surface area contributed by atoms with Gasteiger partial charge in [0.25, 0.3) is 0 Å². The minimum atomic E-state index is -2.87. The van der Waals surface area contributed by atoms with Crippen LogP contribution < -0.4 is 0 Å². The van der Waals surface area contributed by atoms with Crippen molar-refractivity contribution in [1.29, 1.82) is 0 Å². The van der Waals surface area contributed by atoms with Gasteiger partial charge in [0.1, 0.15) is 35.9 Å². The standard InChI is InChI=1S/C70H86O22/c1-31(2)53(75)89-59-63(11)29-67(91-55(77)33(5)6)65(13,39(63)25-41(71)83-15)37-17-21-61(9)47(43(37)49(73)69(59,67)81)45(57(79)87-51(61)35-19-23-85-27-35)46-48-44-38(18-22-62(48,10)52(88-58(46)80)36-20-24-86-28-36)66(14)40(26-42(72)84-16)64(12)30-68(66,92-56(78)34(7)8)70(82,50(44)74)60(64)90-54(76)32(3)4/h19-20,23-24,27-28,31-34,37-40,51-52,59-60,73-74,81-82H,17-18,21-22,25-26,29-30H2,1-16H3/t37-,38-,39-,40-,51-,52-,59-,60-,61+,62+,63+,64+,65+,66+,67+,68+,69+,70+/m0/s1. The van der Waals surface area contributed by atoms with Gasteiger partial charge >= 0.3 is 47.8 Å². The van der Waals surface area contributed by atoms with Gasteiger partial charge in [0.15, 0.2) is 22.4 Å². The van der Waals surface area contributed by atoms with E-state index >= 15 is 9.59 Å². The van der Waals surface area contributed by atoms with Crippen molar-refractivity contribution in [2.45, 2.75) is 195 Å². The van der Waals surface area contributed by atoms with Crippen LogP contribution >= 0.6 is 0 Å². The highest BCUT2D eigenvalue weighted by Gasteiger charge is 2.93. The number of allylic oxidation sites excluding steroid dienone is 2. The van der Waals surface area contributed by atoms with Gasteiger partial charge in [-0.25, -0.2) is 9.59 Å². The number of aliphatic hydroxyl groups is 4. The van der Waals surface area contributed by atoms with Gasteiger partial charge in [-0.3, -0.25) is 28.8 Å². The molecule has 2 aromatic rings. The molecule has 0 radical (unpaired) electrons. The molecule has 0 aromatic carbocycles. The Morgan fingerprint density at radius 1 is 0.543 bits per heavy atom. The number of fused-ring (bicyclic) bond motifs is 10. The van der Waals surface area contributed by atoms with E-state index in [1.165, 1.54) is 39.3 Å². The minimum Gasteiger partial charge on any atom is -0.509 e. The zero-order valence-corrected chi connectivity index (χ0v) is 55.2. The molecule has 12 rings (SSSR count). The second-order valence-corrected chi connectivity index (χ2v) is 30.6. The van der Waals surface area contributed by atoms with Gasteiger partial charge in [0, 0.05) is 80.4 Å². The Labute approximate surface area is 533 Å². The number of esters is 8. The first-order valence-corrected chi connectivity index (χ1v) is 32.2. The highest BCUT2D eigenvalue weighted by Crippen LogP contribution is 2.85. The molecule has 0 saturated heterocycles. The van der Waals surface area contributed by atoms with Crippen LogP contribution in [0, 0.1) is 79.8 Å². The summed E-state index contributed by atoms with van der Waals surface area (Å²) in [6.45, 7) is 23.2. The van der Waals surface area contributed by atoms with Gasteiger partial charge in [-0.2, -0.15) is 0 Å². The number of hydrogen-bond donors (Lipinski definition) is 4. The predicted octanol–water partition coefficient (Wildman–Crippen LogP) is 9.54. The fourth-order valence-electron chi connectivity index (χ4n) is 20.6. The Kier molecular flexibility index (Phi) is 14.6. The van der Waals surface area contributed by atoms with Gasteiger partial charge in [-0.15, -0.1) is 0 Å². The van der Waals surface area contributed by atoms with Gasteiger partial charge in [-0.05, 0) is 72.6 Å². The molecule has 498 valence electrons. The van der Waals surface area contributed by atoms with Crippen LogP contribution in [0.4, 0.5) is 0 Å². The van der Waals surface area contributed by atoms with Crippen LogP contribution in [0.2, 0.25) is 0 Å². The molecule has 8 aliphatic carbocycles. The van der Waals surface area contributed by atoms with Crippen molar-refractivity contribution in [3.63, 3.8) is 0 Å². The zero-order chi connectivity index (χ0) is 67.3. The fraction of sp³-hybridized carbons (Fsp3) is 0.657. The summed E-state index contributed by atoms with van der Waals surface area (Å²) >= 11 is 0. The fourth-order valence-corrected chi connectivity index (χ4v) is 20.6. The van der Waals surface area contributed by atoms with Crippen molar-refractivity contribution in [2.75, 3.05) is 14.2 Å². The van der Waals surface area contributed by atoms with Crippen molar-refractivity contribution in [2.24, 2.45) is 79.8 Å². The van der Waals surface area contributed by atoms with Crippen LogP contribution in [0.3, 0.4) is 0 Å². The largest absolute Gasteiger partial charge is 0.509 e. The third kappa shape index (κ3) is 7.67. The maximum atomic E-state index is 16.5. The molecule has 0 unspecified atom stereocenters. The molecular weight excluding hydrogens is 1190 g/mol. The van der Waals surface area contributed by atoms with E-state index in [0.29, 0.717) is 11.1 Å². The van der Waals surface area contributed by atoms with E-state index in [-0.39, 0.29) is 73.7 Å². The lowest BCUT2D eigenvalue weighted by molar-refractivity contribution is -0.286. The number of hydrogen-bond acceptors (Lipinski definition) is 22. The molecule has 2 aromatic heterocycles. The average Bonchev–Trinajstić information content (AvgIpc) is 1.42. The monoisotopic (exact) mass is 1280 g/mol. The SMILES string of the molecule is COC(=O)C[C@H]1[C@@]2(C)C[C@@]3(OC(=O)C(C)C)[C@]1(C)[C@H]1CC[C@]4(C)C(=C(C5=C6C7=C(O)[C@@]8(O)[C@@H](OC(=O)C(C)C)[C@]9(C)C[C@@]8(OC(=O)C(C)C)[C@](C)([C@H]7CC[C@@]6(C)[C@H](c6ccoc6)OC5=O)[C@H]9CC(=O)OC)C(=O)O[C@H]4c4ccoc4)C1=C(O)[C@@]3(O)[C@H]2OC(=O)C(C)C. The molecule has 22 nitrogen and oxygen atoms in total. The number of furan rings is 2. The summed E-state index contributed by atoms with van der Waals surface area (Å²) in [5.74, 6) is -15.9. The summed E-state index contributed by atoms with van der Waals surface area (Å²) < 4.78 is 61.9. The Hall–Kier alpha value is -7.20. The van der Waals surface area contributed by atoms with Gasteiger partial charge in [0.05, 0.1) is 74.1 Å². The minimum absolute atomic E-state index is 0.0468. The number of methoxy groups -OCH3 is 2. The first-order chi connectivity index (χ1) is 42.9. The van der Waals surface area contributed by atoms with Crippen molar-refractivity contribution in [3.05, 3.63) is 93.3 Å². The molecule has 22 heteroatoms. The quantitative estimate of drug-likeness (QED) is 0.0952. The molecule has 18 atom stereocenters. The molecule has 4 bridgehead atoms. The van der Waals surface area contributed by atoms with E-state index in [2.05, 4.69) is 0 Å². The lowest BCUT2D eigenvalue weighted by Crippen LogP contribution is -2.76. The van der Waals surface area contributed by atoms with Crippen molar-refractivity contribution in [3.8, 4) is 0 Å². The first kappa shape index (κ1) is 64.9. The van der Waals surface area contributed by atoms with Crippen LogP contribution in [0.15, 0.2) is 91.0 Å². The third-order valence-corrected chi connectivity index (χ3v) is 24.7. The topological polar surface area (TPSA) is 318 Å². The highest BCUT2D eigenvalue weighted by molar-refractivity contribution is 6.11. The van der Waals surface area contributed by atoms with E-state index in [1.807, 2.05) is 0 Å². The number of aliphatic hydroxyl groups excluding tert-OH is 2. The summed E-state index contributed by atoms with van der Waals surface area (Å²) in [6.07, 6.45) is -1.42. The van der Waals surface area contributed by atoms with E-state index in [1.54, 1.807) is 109 Å². The highest BCUT2D eigenvalue weighted by atomic mass is 16.6. The zero-order valence-electron chi connectivity index (χ0n) is 55.2. The molecule has 10 aliphatic rings. The Bertz CT molecular complexity index is 3440. The first-order valence-electron chi connectivity index (χ1n) is 32.2. The predicted molar refractivity (Wildman–Crippen MR) is 319 cm³/mol. The molecule has 4 heterocycles. The van der Waals surface area contributed by atoms with E-state index < -0.39 is 197 Å². The summed E-state index contributed by atoms with van der Waals surface area (Å²) in [7, 11) is 2.44. The summed E-state index contributed by atoms with van der Waals surface area (Å²) in [4.78, 5) is 119. The molecule has 0 amide bonds. The normalized spacial score (nSPS) is 41.1. The molecule has 2 aliphatic heterocycles. The summed E-state index contributed by atoms with van der Waals surface area (Å²) in [5.41, 5.74) is -20.0. The van der Waals surface area contributed by atoms with E-state index in [0.717, 1.165) is 0 Å². The molecule has 0 spiro atoms. The molecular formula is C70H86O22. The van der Waals surface area contributed by atoms with Crippen LogP contribution in [0.25, 0.3) is 0 Å². The lowest BCUT2D eigenvalue weighted by atomic mass is 9.41. The Morgan fingerprint density at radius 3 is 1.17 bits per heavy atom.